The lowest BCUT2D eigenvalue weighted by Crippen LogP contribution is -2.42. The highest BCUT2D eigenvalue weighted by molar-refractivity contribution is 5.94. The monoisotopic (exact) mass is 485 g/mol. The number of amides is 2. The van der Waals surface area contributed by atoms with Crippen molar-refractivity contribution in [2.75, 3.05) is 44.7 Å². The van der Waals surface area contributed by atoms with E-state index in [2.05, 4.69) is 4.90 Å². The fraction of sp³-hybridized carbons (Fsp3) is 0.333. The Balaban J connectivity index is 1.31. The molecule has 1 fully saturated rings. The van der Waals surface area contributed by atoms with Gasteiger partial charge in [-0.15, -0.1) is 0 Å². The molecule has 3 aromatic carbocycles. The Labute approximate surface area is 214 Å². The topological polar surface area (TPSA) is 53.1 Å². The highest BCUT2D eigenvalue weighted by Crippen LogP contribution is 2.18. The van der Waals surface area contributed by atoms with E-state index in [0.29, 0.717) is 39.0 Å². The van der Waals surface area contributed by atoms with Gasteiger partial charge in [0.05, 0.1) is 20.2 Å². The van der Waals surface area contributed by atoms with Crippen molar-refractivity contribution in [3.63, 3.8) is 0 Å². The maximum Gasteiger partial charge on any atom is 0.241 e. The second-order valence-electron chi connectivity index (χ2n) is 9.16. The molecule has 0 unspecified atom stereocenters. The van der Waals surface area contributed by atoms with Crippen molar-refractivity contribution in [2.45, 2.75) is 25.8 Å². The molecule has 6 nitrogen and oxygen atoms in total. The van der Waals surface area contributed by atoms with E-state index >= 15 is 0 Å². The zero-order valence-electron chi connectivity index (χ0n) is 21.0. The lowest BCUT2D eigenvalue weighted by Gasteiger charge is -2.27. The van der Waals surface area contributed by atoms with Gasteiger partial charge < -0.3 is 14.5 Å². The molecule has 1 saturated heterocycles. The van der Waals surface area contributed by atoms with E-state index in [-0.39, 0.29) is 11.8 Å². The van der Waals surface area contributed by atoms with Crippen molar-refractivity contribution >= 4 is 17.5 Å². The van der Waals surface area contributed by atoms with Gasteiger partial charge in [0, 0.05) is 38.3 Å². The van der Waals surface area contributed by atoms with Crippen molar-refractivity contribution in [1.82, 2.24) is 9.80 Å². The van der Waals surface area contributed by atoms with Crippen LogP contribution in [0, 0.1) is 0 Å². The molecule has 1 aliphatic heterocycles. The molecule has 0 aliphatic carbocycles. The summed E-state index contributed by atoms with van der Waals surface area (Å²) in [6.07, 6.45) is 2.07. The second kappa shape index (κ2) is 12.9. The van der Waals surface area contributed by atoms with Crippen LogP contribution >= 0.6 is 0 Å². The Kier molecular flexibility index (Phi) is 9.11. The maximum atomic E-state index is 13.4. The molecular weight excluding hydrogens is 450 g/mol. The summed E-state index contributed by atoms with van der Waals surface area (Å²) >= 11 is 0. The smallest absolute Gasteiger partial charge is 0.241 e. The molecule has 3 aromatic rings. The Bertz CT molecular complexity index is 1100. The molecule has 0 spiro atoms. The van der Waals surface area contributed by atoms with Crippen LogP contribution in [0.5, 0.6) is 5.75 Å². The van der Waals surface area contributed by atoms with Gasteiger partial charge in [0.1, 0.15) is 5.75 Å². The lowest BCUT2D eigenvalue weighted by molar-refractivity contribution is -0.131. The Morgan fingerprint density at radius 1 is 0.806 bits per heavy atom. The number of benzene rings is 3. The normalized spacial score (nSPS) is 14.2. The van der Waals surface area contributed by atoms with E-state index < -0.39 is 0 Å². The summed E-state index contributed by atoms with van der Waals surface area (Å²) in [5, 5.41) is 0. The SMILES string of the molecule is COc1ccc(CCC(=O)N2CCCN(CC(=O)N(Cc3ccccc3)c3ccccc3)CC2)cc1. The van der Waals surface area contributed by atoms with Crippen molar-refractivity contribution in [2.24, 2.45) is 0 Å². The summed E-state index contributed by atoms with van der Waals surface area (Å²) < 4.78 is 5.20. The quantitative estimate of drug-likeness (QED) is 0.451. The van der Waals surface area contributed by atoms with E-state index in [4.69, 9.17) is 4.74 Å². The van der Waals surface area contributed by atoms with Gasteiger partial charge in [-0.25, -0.2) is 0 Å². The summed E-state index contributed by atoms with van der Waals surface area (Å²) in [7, 11) is 1.65. The molecule has 6 heteroatoms. The number of rotatable bonds is 9. The molecule has 1 heterocycles. The van der Waals surface area contributed by atoms with Crippen LogP contribution < -0.4 is 9.64 Å². The van der Waals surface area contributed by atoms with Gasteiger partial charge in [0.2, 0.25) is 11.8 Å². The number of anilines is 1. The first-order chi connectivity index (χ1) is 17.6. The van der Waals surface area contributed by atoms with Gasteiger partial charge in [0.25, 0.3) is 0 Å². The molecule has 188 valence electrons. The highest BCUT2D eigenvalue weighted by Gasteiger charge is 2.23. The number of aryl methyl sites for hydroxylation is 1. The van der Waals surface area contributed by atoms with Crippen LogP contribution in [-0.4, -0.2) is 61.4 Å². The molecular formula is C30H35N3O3. The molecule has 0 aromatic heterocycles. The maximum absolute atomic E-state index is 13.4. The third kappa shape index (κ3) is 7.18. The molecule has 4 rings (SSSR count). The minimum Gasteiger partial charge on any atom is -0.497 e. The van der Waals surface area contributed by atoms with Crippen molar-refractivity contribution in [1.29, 1.82) is 0 Å². The third-order valence-electron chi connectivity index (χ3n) is 6.64. The molecule has 36 heavy (non-hydrogen) atoms. The van der Waals surface area contributed by atoms with Crippen LogP contribution in [0.25, 0.3) is 0 Å². The second-order valence-corrected chi connectivity index (χ2v) is 9.16. The first-order valence-electron chi connectivity index (χ1n) is 12.6. The standard InChI is InChI=1S/C30H35N3O3/c1-36-28-16-13-25(14-17-28)15-18-29(34)32-20-8-19-31(21-22-32)24-30(35)33(27-11-6-3-7-12-27)23-26-9-4-2-5-10-26/h2-7,9-14,16-17H,8,15,18-24H2,1H3. The van der Waals surface area contributed by atoms with E-state index in [0.717, 1.165) is 42.1 Å². The summed E-state index contributed by atoms with van der Waals surface area (Å²) in [5.74, 6) is 1.07. The Morgan fingerprint density at radius 2 is 1.50 bits per heavy atom. The van der Waals surface area contributed by atoms with E-state index in [1.54, 1.807) is 7.11 Å². The fourth-order valence-electron chi connectivity index (χ4n) is 4.55. The number of para-hydroxylation sites is 1. The predicted octanol–water partition coefficient (Wildman–Crippen LogP) is 4.40. The average Bonchev–Trinajstić information content (AvgIpc) is 3.17. The molecule has 0 N–H and O–H groups in total. The number of nitrogens with zero attached hydrogens (tertiary/aromatic N) is 3. The van der Waals surface area contributed by atoms with Crippen LogP contribution in [-0.2, 0) is 22.6 Å². The summed E-state index contributed by atoms with van der Waals surface area (Å²) in [4.78, 5) is 32.3. The van der Waals surface area contributed by atoms with E-state index in [1.165, 1.54) is 0 Å². The number of carbonyl (C=O) groups is 2. The zero-order chi connectivity index (χ0) is 25.2. The van der Waals surface area contributed by atoms with Crippen molar-refractivity contribution < 1.29 is 14.3 Å². The molecule has 2 amide bonds. The number of hydrogen-bond donors (Lipinski definition) is 0. The minimum absolute atomic E-state index is 0.0735. The van der Waals surface area contributed by atoms with E-state index in [9.17, 15) is 9.59 Å². The Morgan fingerprint density at radius 3 is 2.19 bits per heavy atom. The minimum atomic E-state index is 0.0735. The largest absolute Gasteiger partial charge is 0.497 e. The molecule has 0 bridgehead atoms. The summed E-state index contributed by atoms with van der Waals surface area (Å²) in [6, 6.07) is 27.8. The molecule has 0 saturated carbocycles. The first-order valence-corrected chi connectivity index (χ1v) is 12.6. The van der Waals surface area contributed by atoms with Gasteiger partial charge in [-0.05, 0) is 48.2 Å². The van der Waals surface area contributed by atoms with Gasteiger partial charge in [-0.3, -0.25) is 14.5 Å². The number of hydrogen-bond acceptors (Lipinski definition) is 4. The van der Waals surface area contributed by atoms with Crippen LogP contribution in [0.15, 0.2) is 84.9 Å². The van der Waals surface area contributed by atoms with Crippen LogP contribution in [0.1, 0.15) is 24.0 Å². The highest BCUT2D eigenvalue weighted by atomic mass is 16.5. The van der Waals surface area contributed by atoms with Gasteiger partial charge in [-0.2, -0.15) is 0 Å². The first kappa shape index (κ1) is 25.5. The lowest BCUT2D eigenvalue weighted by atomic mass is 10.1. The number of carbonyl (C=O) groups excluding carboxylic acids is 2. The number of methoxy groups -OCH3 is 1. The van der Waals surface area contributed by atoms with Crippen LogP contribution in [0.3, 0.4) is 0 Å². The van der Waals surface area contributed by atoms with E-state index in [1.807, 2.05) is 94.7 Å². The van der Waals surface area contributed by atoms with Crippen molar-refractivity contribution in [3.05, 3.63) is 96.1 Å². The third-order valence-corrected chi connectivity index (χ3v) is 6.64. The number of ether oxygens (including phenoxy) is 1. The van der Waals surface area contributed by atoms with Crippen LogP contribution in [0.2, 0.25) is 0 Å². The van der Waals surface area contributed by atoms with Gasteiger partial charge >= 0.3 is 0 Å². The Hall–Kier alpha value is -3.64. The summed E-state index contributed by atoms with van der Waals surface area (Å²) in [6.45, 7) is 3.77. The predicted molar refractivity (Wildman–Crippen MR) is 143 cm³/mol. The zero-order valence-corrected chi connectivity index (χ0v) is 21.0. The van der Waals surface area contributed by atoms with Crippen molar-refractivity contribution in [3.8, 4) is 5.75 Å². The summed E-state index contributed by atoms with van der Waals surface area (Å²) in [5.41, 5.74) is 3.13. The molecule has 1 aliphatic rings. The molecule has 0 radical (unpaired) electrons. The van der Waals surface area contributed by atoms with Gasteiger partial charge in [0.15, 0.2) is 0 Å². The average molecular weight is 486 g/mol. The fourth-order valence-corrected chi connectivity index (χ4v) is 4.55. The molecule has 0 atom stereocenters. The van der Waals surface area contributed by atoms with Crippen LogP contribution in [0.4, 0.5) is 5.69 Å². The van der Waals surface area contributed by atoms with Gasteiger partial charge in [-0.1, -0.05) is 60.7 Å².